The van der Waals surface area contributed by atoms with Crippen molar-refractivity contribution in [2.45, 2.75) is 32.5 Å². The van der Waals surface area contributed by atoms with Crippen molar-refractivity contribution in [3.63, 3.8) is 0 Å². The van der Waals surface area contributed by atoms with E-state index in [4.69, 9.17) is 21.5 Å². The summed E-state index contributed by atoms with van der Waals surface area (Å²) in [6.45, 7) is 4.14. The first-order valence-corrected chi connectivity index (χ1v) is 12.1. The first-order chi connectivity index (χ1) is 18.0. The van der Waals surface area contributed by atoms with Crippen LogP contribution in [0.1, 0.15) is 24.0 Å². The van der Waals surface area contributed by atoms with Crippen LogP contribution in [-0.2, 0) is 16.1 Å². The van der Waals surface area contributed by atoms with Crippen molar-refractivity contribution in [3.05, 3.63) is 76.9 Å². The average molecular weight is 550 g/mol. The lowest BCUT2D eigenvalue weighted by molar-refractivity contribution is -0.192. The number of benzene rings is 2. The molecule has 0 radical (unpaired) electrons. The molecule has 1 atom stereocenters. The number of aliphatic carboxylic acids is 1. The highest BCUT2D eigenvalue weighted by atomic mass is 35.5. The molecular formula is C26H27ClF3N5O3. The third-order valence-corrected chi connectivity index (χ3v) is 5.94. The van der Waals surface area contributed by atoms with Crippen molar-refractivity contribution >= 4 is 40.9 Å². The number of hydrogen-bond donors (Lipinski definition) is 3. The monoisotopic (exact) mass is 549 g/mol. The summed E-state index contributed by atoms with van der Waals surface area (Å²) in [5.74, 6) is -1.37. The van der Waals surface area contributed by atoms with Crippen molar-refractivity contribution in [1.29, 1.82) is 0 Å². The lowest BCUT2D eigenvalue weighted by Gasteiger charge is -2.33. The summed E-state index contributed by atoms with van der Waals surface area (Å²) >= 11 is 5.95. The highest BCUT2D eigenvalue weighted by Crippen LogP contribution is 2.24. The zero-order chi connectivity index (χ0) is 27.7. The summed E-state index contributed by atoms with van der Waals surface area (Å²) in [6.07, 6.45) is -1.51. The molecule has 202 valence electrons. The third-order valence-electron chi connectivity index (χ3n) is 5.69. The molecule has 0 spiro atoms. The molecular weight excluding hydrogens is 523 g/mol. The molecule has 12 heteroatoms. The van der Waals surface area contributed by atoms with Gasteiger partial charge in [-0.05, 0) is 55.7 Å². The van der Waals surface area contributed by atoms with Crippen LogP contribution in [0.5, 0.6) is 0 Å². The summed E-state index contributed by atoms with van der Waals surface area (Å²) in [5, 5.41) is 14.1. The maximum atomic E-state index is 12.8. The van der Waals surface area contributed by atoms with Crippen LogP contribution in [0, 0.1) is 12.8 Å². The number of amides is 1. The number of hydrogen-bond acceptors (Lipinski definition) is 6. The van der Waals surface area contributed by atoms with Gasteiger partial charge in [0.05, 0.1) is 5.92 Å². The number of carboxylic acid groups (broad SMARTS) is 1. The van der Waals surface area contributed by atoms with E-state index in [1.54, 1.807) is 6.20 Å². The number of anilines is 3. The van der Waals surface area contributed by atoms with Crippen molar-refractivity contribution < 1.29 is 27.9 Å². The summed E-state index contributed by atoms with van der Waals surface area (Å²) in [4.78, 5) is 32.8. The number of aryl methyl sites for hydroxylation is 1. The smallest absolute Gasteiger partial charge is 0.475 e. The molecule has 3 aromatic rings. The van der Waals surface area contributed by atoms with Crippen LogP contribution in [0.2, 0.25) is 5.02 Å². The number of rotatable bonds is 6. The van der Waals surface area contributed by atoms with E-state index < -0.39 is 12.1 Å². The van der Waals surface area contributed by atoms with E-state index in [1.807, 2.05) is 30.3 Å². The normalized spacial score (nSPS) is 15.2. The minimum atomic E-state index is -5.08. The van der Waals surface area contributed by atoms with Crippen LogP contribution in [0.3, 0.4) is 0 Å². The maximum absolute atomic E-state index is 12.8. The second-order valence-electron chi connectivity index (χ2n) is 8.66. The van der Waals surface area contributed by atoms with Gasteiger partial charge in [0.25, 0.3) is 0 Å². The van der Waals surface area contributed by atoms with Gasteiger partial charge in [-0.1, -0.05) is 41.4 Å². The summed E-state index contributed by atoms with van der Waals surface area (Å²) in [7, 11) is 0. The van der Waals surface area contributed by atoms with E-state index in [0.717, 1.165) is 36.5 Å². The van der Waals surface area contributed by atoms with Crippen molar-refractivity contribution in [2.75, 3.05) is 23.3 Å². The molecule has 0 saturated carbocycles. The van der Waals surface area contributed by atoms with Crippen molar-refractivity contribution in [1.82, 2.24) is 15.3 Å². The minimum absolute atomic E-state index is 0.0539. The number of alkyl halides is 3. The standard InChI is InChI=1S/C24H26ClN5O.C2HF3O2/c1-17-4-6-18(7-5-17)15-27-23(31)19-3-2-14-30(16-19)22-12-13-26-24(29-22)28-21-10-8-20(25)9-11-21;3-2(4,5)1(6)7/h4-13,19H,2-3,14-16H2,1H3,(H,27,31)(H,26,28,29);(H,6,7)/t19-;/m0./s1. The predicted octanol–water partition coefficient (Wildman–Crippen LogP) is 5.35. The zero-order valence-electron chi connectivity index (χ0n) is 20.5. The molecule has 1 amide bonds. The van der Waals surface area contributed by atoms with E-state index in [0.29, 0.717) is 24.1 Å². The number of carbonyl (C=O) groups excluding carboxylic acids is 1. The molecule has 0 aliphatic carbocycles. The minimum Gasteiger partial charge on any atom is -0.475 e. The fourth-order valence-electron chi connectivity index (χ4n) is 3.69. The number of nitrogens with zero attached hydrogens (tertiary/aromatic N) is 3. The molecule has 2 heterocycles. The molecule has 1 saturated heterocycles. The van der Waals surface area contributed by atoms with Crippen LogP contribution in [0.4, 0.5) is 30.6 Å². The molecule has 8 nitrogen and oxygen atoms in total. The Morgan fingerprint density at radius 1 is 1.11 bits per heavy atom. The van der Waals surface area contributed by atoms with Crippen LogP contribution >= 0.6 is 11.6 Å². The SMILES string of the molecule is Cc1ccc(CNC(=O)[C@H]2CCCN(c3ccnc(Nc4ccc(Cl)cc4)n3)C2)cc1.O=C(O)C(F)(F)F. The number of halogens is 4. The summed E-state index contributed by atoms with van der Waals surface area (Å²) < 4.78 is 31.7. The largest absolute Gasteiger partial charge is 0.490 e. The molecule has 1 fully saturated rings. The van der Waals surface area contributed by atoms with Crippen molar-refractivity contribution in [3.8, 4) is 0 Å². The van der Waals surface area contributed by atoms with E-state index >= 15 is 0 Å². The first-order valence-electron chi connectivity index (χ1n) is 11.7. The molecule has 0 bridgehead atoms. The number of carbonyl (C=O) groups is 2. The van der Waals surface area contributed by atoms with Crippen molar-refractivity contribution in [2.24, 2.45) is 5.92 Å². The zero-order valence-corrected chi connectivity index (χ0v) is 21.3. The number of carboxylic acids is 1. The average Bonchev–Trinajstić information content (AvgIpc) is 2.89. The fraction of sp³-hybridized carbons (Fsp3) is 0.308. The highest BCUT2D eigenvalue weighted by molar-refractivity contribution is 6.30. The molecule has 38 heavy (non-hydrogen) atoms. The second kappa shape index (κ2) is 13.1. The third kappa shape index (κ3) is 8.91. The van der Waals surface area contributed by atoms with Gasteiger partial charge in [-0.3, -0.25) is 4.79 Å². The molecule has 0 unspecified atom stereocenters. The molecule has 3 N–H and O–H groups in total. The Morgan fingerprint density at radius 3 is 2.39 bits per heavy atom. The molecule has 1 aliphatic heterocycles. The van der Waals surface area contributed by atoms with Gasteiger partial charge < -0.3 is 20.6 Å². The van der Waals surface area contributed by atoms with Gasteiger partial charge in [-0.15, -0.1) is 0 Å². The lowest BCUT2D eigenvalue weighted by Crippen LogP contribution is -2.43. The topological polar surface area (TPSA) is 107 Å². The fourth-order valence-corrected chi connectivity index (χ4v) is 3.81. The van der Waals surface area contributed by atoms with E-state index in [2.05, 4.69) is 56.7 Å². The highest BCUT2D eigenvalue weighted by Gasteiger charge is 2.38. The van der Waals surface area contributed by atoms with Gasteiger partial charge >= 0.3 is 12.1 Å². The van der Waals surface area contributed by atoms with E-state index in [9.17, 15) is 18.0 Å². The molecule has 2 aromatic carbocycles. The number of aromatic nitrogens is 2. The lowest BCUT2D eigenvalue weighted by atomic mass is 9.97. The van der Waals surface area contributed by atoms with E-state index in [1.165, 1.54) is 5.56 Å². The Kier molecular flexibility index (Phi) is 9.89. The Bertz CT molecular complexity index is 1220. The van der Waals surface area contributed by atoms with Gasteiger partial charge in [0.15, 0.2) is 0 Å². The Labute approximate surface area is 222 Å². The second-order valence-corrected chi connectivity index (χ2v) is 9.10. The number of nitrogens with one attached hydrogen (secondary N) is 2. The van der Waals surface area contributed by atoms with Gasteiger partial charge in [0.1, 0.15) is 5.82 Å². The summed E-state index contributed by atoms with van der Waals surface area (Å²) in [6, 6.07) is 17.5. The van der Waals surface area contributed by atoms with Gasteiger partial charge in [0.2, 0.25) is 11.9 Å². The van der Waals surface area contributed by atoms with Crippen LogP contribution in [0.15, 0.2) is 60.8 Å². The van der Waals surface area contributed by atoms with Gasteiger partial charge in [-0.2, -0.15) is 18.2 Å². The quantitative estimate of drug-likeness (QED) is 0.380. The van der Waals surface area contributed by atoms with Crippen LogP contribution < -0.4 is 15.5 Å². The maximum Gasteiger partial charge on any atom is 0.490 e. The van der Waals surface area contributed by atoms with Gasteiger partial charge in [0, 0.05) is 36.5 Å². The molecule has 1 aromatic heterocycles. The van der Waals surface area contributed by atoms with Gasteiger partial charge in [-0.25, -0.2) is 9.78 Å². The molecule has 4 rings (SSSR count). The Hall–Kier alpha value is -3.86. The number of piperidine rings is 1. The predicted molar refractivity (Wildman–Crippen MR) is 138 cm³/mol. The van der Waals surface area contributed by atoms with Crippen LogP contribution in [-0.4, -0.2) is 46.2 Å². The Balaban J connectivity index is 0.000000505. The van der Waals surface area contributed by atoms with E-state index in [-0.39, 0.29) is 11.8 Å². The Morgan fingerprint density at radius 2 is 1.76 bits per heavy atom. The molecule has 1 aliphatic rings. The first kappa shape index (κ1) is 28.7. The van der Waals surface area contributed by atoms with Crippen LogP contribution in [0.25, 0.3) is 0 Å². The summed E-state index contributed by atoms with van der Waals surface area (Å²) in [5.41, 5.74) is 3.20.